The minimum atomic E-state index is -0.221. The Morgan fingerprint density at radius 3 is 2.79 bits per heavy atom. The van der Waals surface area contributed by atoms with E-state index in [2.05, 4.69) is 19.2 Å². The van der Waals surface area contributed by atoms with Crippen LogP contribution in [0.2, 0.25) is 5.02 Å². The molecule has 1 aliphatic heterocycles. The molecule has 0 radical (unpaired) electrons. The molecular formula is C22H33ClN2O4. The van der Waals surface area contributed by atoms with Gasteiger partial charge < -0.3 is 19.7 Å². The lowest BCUT2D eigenvalue weighted by Crippen LogP contribution is -2.34. The van der Waals surface area contributed by atoms with Gasteiger partial charge in [-0.05, 0) is 43.7 Å². The lowest BCUT2D eigenvalue weighted by atomic mass is 10.1. The lowest BCUT2D eigenvalue weighted by molar-refractivity contribution is -0.130. The monoisotopic (exact) mass is 424 g/mol. The average Bonchev–Trinajstić information content (AvgIpc) is 2.89. The van der Waals surface area contributed by atoms with Crippen molar-refractivity contribution < 1.29 is 19.1 Å². The Morgan fingerprint density at radius 2 is 2.07 bits per heavy atom. The number of likely N-dealkylation sites (tertiary alicyclic amines) is 1. The van der Waals surface area contributed by atoms with E-state index in [1.165, 1.54) is 7.11 Å². The second-order valence-corrected chi connectivity index (χ2v) is 8.23. The van der Waals surface area contributed by atoms with E-state index in [0.29, 0.717) is 54.1 Å². The minimum absolute atomic E-state index is 0.221. The van der Waals surface area contributed by atoms with Gasteiger partial charge in [-0.2, -0.15) is 0 Å². The number of hydrogen-bond donors (Lipinski definition) is 1. The third-order valence-electron chi connectivity index (χ3n) is 4.99. The summed E-state index contributed by atoms with van der Waals surface area (Å²) in [6, 6.07) is 3.24. The van der Waals surface area contributed by atoms with Crippen molar-refractivity contribution in [2.75, 3.05) is 33.4 Å². The first-order valence-electron chi connectivity index (χ1n) is 10.5. The molecule has 1 saturated heterocycles. The molecule has 1 aliphatic rings. The van der Waals surface area contributed by atoms with E-state index < -0.39 is 0 Å². The number of benzene rings is 1. The van der Waals surface area contributed by atoms with Crippen molar-refractivity contribution in [1.82, 2.24) is 10.2 Å². The molecule has 1 aromatic rings. The highest BCUT2D eigenvalue weighted by Crippen LogP contribution is 2.36. The molecule has 0 saturated carbocycles. The van der Waals surface area contributed by atoms with Crippen LogP contribution in [0.5, 0.6) is 11.5 Å². The number of amides is 2. The highest BCUT2D eigenvalue weighted by molar-refractivity contribution is 6.32. The lowest BCUT2D eigenvalue weighted by Gasteiger charge is -2.20. The van der Waals surface area contributed by atoms with Gasteiger partial charge >= 0.3 is 0 Å². The number of hydrogen-bond acceptors (Lipinski definition) is 4. The van der Waals surface area contributed by atoms with Gasteiger partial charge in [-0.15, -0.1) is 0 Å². The first kappa shape index (κ1) is 23.3. The van der Waals surface area contributed by atoms with E-state index in [1.807, 2.05) is 4.90 Å². The van der Waals surface area contributed by atoms with Crippen LogP contribution in [0.15, 0.2) is 12.1 Å². The third-order valence-corrected chi connectivity index (χ3v) is 5.28. The molecule has 1 N–H and O–H groups in total. The average molecular weight is 425 g/mol. The molecular weight excluding hydrogens is 392 g/mol. The van der Waals surface area contributed by atoms with Crippen LogP contribution in [0.25, 0.3) is 0 Å². The quantitative estimate of drug-likeness (QED) is 0.568. The van der Waals surface area contributed by atoms with Crippen LogP contribution >= 0.6 is 11.6 Å². The van der Waals surface area contributed by atoms with Crippen molar-refractivity contribution in [3.63, 3.8) is 0 Å². The fourth-order valence-electron chi connectivity index (χ4n) is 3.24. The molecule has 0 spiro atoms. The molecule has 1 heterocycles. The first-order chi connectivity index (χ1) is 13.9. The summed E-state index contributed by atoms with van der Waals surface area (Å²) in [5.41, 5.74) is 0.425. The topological polar surface area (TPSA) is 67.9 Å². The summed E-state index contributed by atoms with van der Waals surface area (Å²) >= 11 is 6.34. The van der Waals surface area contributed by atoms with Gasteiger partial charge in [0.2, 0.25) is 5.91 Å². The highest BCUT2D eigenvalue weighted by Gasteiger charge is 2.18. The van der Waals surface area contributed by atoms with E-state index in [9.17, 15) is 9.59 Å². The van der Waals surface area contributed by atoms with Crippen molar-refractivity contribution in [1.29, 1.82) is 0 Å². The zero-order chi connectivity index (χ0) is 21.2. The molecule has 0 aliphatic carbocycles. The second kappa shape index (κ2) is 11.9. The van der Waals surface area contributed by atoms with Gasteiger partial charge in [-0.25, -0.2) is 0 Å². The van der Waals surface area contributed by atoms with Crippen molar-refractivity contribution >= 4 is 23.4 Å². The van der Waals surface area contributed by atoms with Gasteiger partial charge in [-0.3, -0.25) is 9.59 Å². The molecule has 0 aromatic heterocycles. The summed E-state index contributed by atoms with van der Waals surface area (Å²) in [6.07, 6.45) is 5.41. The van der Waals surface area contributed by atoms with E-state index in [-0.39, 0.29) is 11.8 Å². The van der Waals surface area contributed by atoms with E-state index in [4.69, 9.17) is 21.1 Å². The number of methoxy groups -OCH3 is 1. The molecule has 162 valence electrons. The van der Waals surface area contributed by atoms with Gasteiger partial charge in [0.1, 0.15) is 0 Å². The minimum Gasteiger partial charge on any atom is -0.493 e. The predicted molar refractivity (Wildman–Crippen MR) is 115 cm³/mol. The maximum Gasteiger partial charge on any atom is 0.251 e. The number of carbonyl (C=O) groups excluding carboxylic acids is 2. The molecule has 0 atom stereocenters. The Bertz CT molecular complexity index is 694. The predicted octanol–water partition coefficient (Wildman–Crippen LogP) is 4.30. The normalized spacial score (nSPS) is 14.7. The summed E-state index contributed by atoms with van der Waals surface area (Å²) in [6.45, 7) is 6.77. The molecule has 7 heteroatoms. The number of ether oxygens (including phenoxy) is 2. The van der Waals surface area contributed by atoms with Crippen LogP contribution in [0.1, 0.15) is 62.7 Å². The van der Waals surface area contributed by atoms with E-state index >= 15 is 0 Å². The molecule has 2 amide bonds. The van der Waals surface area contributed by atoms with E-state index in [1.54, 1.807) is 12.1 Å². The van der Waals surface area contributed by atoms with Crippen LogP contribution in [0.3, 0.4) is 0 Å². The van der Waals surface area contributed by atoms with Crippen molar-refractivity contribution in [3.8, 4) is 11.5 Å². The van der Waals surface area contributed by atoms with Gasteiger partial charge in [0.25, 0.3) is 5.91 Å². The number of nitrogens with one attached hydrogen (secondary N) is 1. The number of halogens is 1. The molecule has 6 nitrogen and oxygen atoms in total. The Labute approximate surface area is 178 Å². The van der Waals surface area contributed by atoms with Crippen LogP contribution in [-0.4, -0.2) is 50.1 Å². The van der Waals surface area contributed by atoms with Crippen LogP contribution < -0.4 is 14.8 Å². The summed E-state index contributed by atoms with van der Waals surface area (Å²) in [4.78, 5) is 26.4. The van der Waals surface area contributed by atoms with E-state index in [0.717, 1.165) is 38.6 Å². The Morgan fingerprint density at radius 1 is 1.28 bits per heavy atom. The molecule has 0 unspecified atom stereocenters. The van der Waals surface area contributed by atoms with Crippen molar-refractivity contribution in [3.05, 3.63) is 22.7 Å². The second-order valence-electron chi connectivity index (χ2n) is 7.82. The molecule has 1 fully saturated rings. The largest absolute Gasteiger partial charge is 0.493 e. The Kier molecular flexibility index (Phi) is 9.58. The fraction of sp³-hybridized carbons (Fsp3) is 0.636. The smallest absolute Gasteiger partial charge is 0.251 e. The first-order valence-corrected chi connectivity index (χ1v) is 10.9. The van der Waals surface area contributed by atoms with Gasteiger partial charge in [0, 0.05) is 31.6 Å². The van der Waals surface area contributed by atoms with Gasteiger partial charge in [0.05, 0.1) is 18.7 Å². The summed E-state index contributed by atoms with van der Waals surface area (Å²) in [5.74, 6) is 1.43. The zero-order valence-electron chi connectivity index (χ0n) is 17.8. The Hall–Kier alpha value is -1.95. The fourth-order valence-corrected chi connectivity index (χ4v) is 3.50. The van der Waals surface area contributed by atoms with Crippen LogP contribution in [0, 0.1) is 5.92 Å². The molecule has 29 heavy (non-hydrogen) atoms. The standard InChI is InChI=1S/C22H33ClN2O4/c1-16(2)9-13-29-21-18(23)14-17(15-19(21)28-3)22(27)24-10-7-12-25-11-6-4-5-8-20(25)26/h14-16H,4-13H2,1-3H3,(H,24,27). The molecule has 0 bridgehead atoms. The SMILES string of the molecule is COc1cc(C(=O)NCCCN2CCCCCC2=O)cc(Cl)c1OCCC(C)C. The van der Waals surface area contributed by atoms with Crippen molar-refractivity contribution in [2.45, 2.75) is 52.4 Å². The maximum absolute atomic E-state index is 12.5. The zero-order valence-corrected chi connectivity index (χ0v) is 18.5. The van der Waals surface area contributed by atoms with Crippen LogP contribution in [-0.2, 0) is 4.79 Å². The molecule has 2 rings (SSSR count). The number of rotatable bonds is 10. The summed E-state index contributed by atoms with van der Waals surface area (Å²) in [7, 11) is 1.53. The molecule has 1 aromatic carbocycles. The van der Waals surface area contributed by atoms with Gasteiger partial charge in [0.15, 0.2) is 11.5 Å². The number of carbonyl (C=O) groups is 2. The Balaban J connectivity index is 1.87. The van der Waals surface area contributed by atoms with Crippen LogP contribution in [0.4, 0.5) is 0 Å². The summed E-state index contributed by atoms with van der Waals surface area (Å²) < 4.78 is 11.1. The number of nitrogens with zero attached hydrogens (tertiary/aromatic N) is 1. The maximum atomic E-state index is 12.5. The van der Waals surface area contributed by atoms with Crippen molar-refractivity contribution in [2.24, 2.45) is 5.92 Å². The van der Waals surface area contributed by atoms with Gasteiger partial charge in [-0.1, -0.05) is 31.9 Å². The third kappa shape index (κ3) is 7.42. The highest BCUT2D eigenvalue weighted by atomic mass is 35.5. The summed E-state index contributed by atoms with van der Waals surface area (Å²) in [5, 5.41) is 3.25.